The van der Waals surface area contributed by atoms with Gasteiger partial charge in [-0.3, -0.25) is 4.79 Å². The van der Waals surface area contributed by atoms with Crippen LogP contribution in [0.5, 0.6) is 0 Å². The lowest BCUT2D eigenvalue weighted by atomic mass is 10.2. The first-order valence-electron chi connectivity index (χ1n) is 6.12. The molecule has 0 atom stereocenters. The molecule has 0 aliphatic heterocycles. The molecule has 4 nitrogen and oxygen atoms in total. The Kier molecular flexibility index (Phi) is 3.80. The van der Waals surface area contributed by atoms with Gasteiger partial charge in [-0.05, 0) is 33.8 Å². The number of oxazole rings is 1. The molecule has 0 fully saturated rings. The smallest absolute Gasteiger partial charge is 0.214 e. The molecular weight excluding hydrogens is 264 g/mol. The molecule has 102 valence electrons. The van der Waals surface area contributed by atoms with Gasteiger partial charge in [-0.15, -0.1) is 11.6 Å². The number of carbonyl (C=O) groups is 1. The molecule has 2 aromatic rings. The molecule has 0 radical (unpaired) electrons. The fourth-order valence-electron chi connectivity index (χ4n) is 2.14. The molecule has 0 saturated heterocycles. The van der Waals surface area contributed by atoms with E-state index in [2.05, 4.69) is 4.98 Å². The van der Waals surface area contributed by atoms with E-state index in [-0.39, 0.29) is 11.7 Å². The van der Waals surface area contributed by atoms with Crippen LogP contribution in [0.2, 0.25) is 0 Å². The van der Waals surface area contributed by atoms with E-state index in [0.29, 0.717) is 18.0 Å². The van der Waals surface area contributed by atoms with Crippen molar-refractivity contribution >= 4 is 17.4 Å². The molecule has 0 bridgehead atoms. The number of carbonyl (C=O) groups excluding carboxylic acids is 1. The van der Waals surface area contributed by atoms with Crippen LogP contribution in [0.3, 0.4) is 0 Å². The van der Waals surface area contributed by atoms with Gasteiger partial charge in [0.1, 0.15) is 5.76 Å². The maximum absolute atomic E-state index is 11.7. The Morgan fingerprint density at radius 3 is 2.58 bits per heavy atom. The standard InChI is InChI=1S/C14H17ClN2O2/c1-8-5-12(13(18)6-15)10(3)17(8)7-14-16-9(2)11(4)19-14/h5H,6-7H2,1-4H3. The minimum Gasteiger partial charge on any atom is -0.444 e. The van der Waals surface area contributed by atoms with Gasteiger partial charge in [0.25, 0.3) is 0 Å². The van der Waals surface area contributed by atoms with Gasteiger partial charge in [-0.2, -0.15) is 0 Å². The van der Waals surface area contributed by atoms with Crippen molar-refractivity contribution in [2.45, 2.75) is 34.2 Å². The fourth-order valence-corrected chi connectivity index (χ4v) is 2.28. The summed E-state index contributed by atoms with van der Waals surface area (Å²) in [4.78, 5) is 16.1. The predicted octanol–water partition coefficient (Wildman–Crippen LogP) is 3.18. The third-order valence-corrected chi connectivity index (χ3v) is 3.60. The highest BCUT2D eigenvalue weighted by Crippen LogP contribution is 2.19. The van der Waals surface area contributed by atoms with Crippen molar-refractivity contribution in [1.82, 2.24) is 9.55 Å². The van der Waals surface area contributed by atoms with Crippen molar-refractivity contribution < 1.29 is 9.21 Å². The molecule has 2 aromatic heterocycles. The summed E-state index contributed by atoms with van der Waals surface area (Å²) in [5, 5.41) is 0. The van der Waals surface area contributed by atoms with Crippen molar-refractivity contribution in [1.29, 1.82) is 0 Å². The Bertz CT molecular complexity index is 606. The largest absolute Gasteiger partial charge is 0.444 e. The lowest BCUT2D eigenvalue weighted by molar-refractivity contribution is 0.102. The first-order valence-corrected chi connectivity index (χ1v) is 6.66. The van der Waals surface area contributed by atoms with Crippen LogP contribution in [0.25, 0.3) is 0 Å². The second kappa shape index (κ2) is 5.21. The summed E-state index contributed by atoms with van der Waals surface area (Å²) >= 11 is 5.61. The molecule has 0 aliphatic rings. The second-order valence-corrected chi connectivity index (χ2v) is 4.94. The Balaban J connectivity index is 2.35. The lowest BCUT2D eigenvalue weighted by Crippen LogP contribution is -2.07. The van der Waals surface area contributed by atoms with Gasteiger partial charge in [0.2, 0.25) is 5.89 Å². The van der Waals surface area contributed by atoms with Crippen LogP contribution >= 0.6 is 11.6 Å². The Labute approximate surface area is 117 Å². The number of aromatic nitrogens is 2. The van der Waals surface area contributed by atoms with Crippen LogP contribution in [0.4, 0.5) is 0 Å². The molecule has 0 unspecified atom stereocenters. The van der Waals surface area contributed by atoms with E-state index >= 15 is 0 Å². The highest BCUT2D eigenvalue weighted by Gasteiger charge is 2.16. The van der Waals surface area contributed by atoms with Gasteiger partial charge >= 0.3 is 0 Å². The summed E-state index contributed by atoms with van der Waals surface area (Å²) in [5.74, 6) is 1.43. The minimum absolute atomic E-state index is 0.00150. The zero-order valence-corrected chi connectivity index (χ0v) is 12.3. The molecule has 2 rings (SSSR count). The van der Waals surface area contributed by atoms with Crippen LogP contribution in [0.15, 0.2) is 10.5 Å². The van der Waals surface area contributed by atoms with E-state index in [0.717, 1.165) is 22.8 Å². The maximum atomic E-state index is 11.7. The highest BCUT2D eigenvalue weighted by molar-refractivity contribution is 6.30. The minimum atomic E-state index is -0.0548. The number of hydrogen-bond acceptors (Lipinski definition) is 3. The fraction of sp³-hybridized carbons (Fsp3) is 0.429. The molecule has 0 aliphatic carbocycles. The van der Waals surface area contributed by atoms with E-state index in [1.54, 1.807) is 0 Å². The van der Waals surface area contributed by atoms with E-state index in [9.17, 15) is 4.79 Å². The van der Waals surface area contributed by atoms with Gasteiger partial charge in [-0.1, -0.05) is 0 Å². The van der Waals surface area contributed by atoms with E-state index in [1.165, 1.54) is 0 Å². The molecule has 5 heteroatoms. The number of rotatable bonds is 4. The molecular formula is C14H17ClN2O2. The van der Waals surface area contributed by atoms with Crippen molar-refractivity contribution in [3.05, 3.63) is 40.4 Å². The van der Waals surface area contributed by atoms with Gasteiger partial charge in [0, 0.05) is 17.0 Å². The third-order valence-electron chi connectivity index (χ3n) is 3.36. The number of hydrogen-bond donors (Lipinski definition) is 0. The molecule has 19 heavy (non-hydrogen) atoms. The van der Waals surface area contributed by atoms with Crippen LogP contribution in [0, 0.1) is 27.7 Å². The van der Waals surface area contributed by atoms with Crippen LogP contribution in [-0.2, 0) is 6.54 Å². The predicted molar refractivity (Wildman–Crippen MR) is 74.0 cm³/mol. The average molecular weight is 281 g/mol. The van der Waals surface area contributed by atoms with Gasteiger partial charge < -0.3 is 8.98 Å². The monoisotopic (exact) mass is 280 g/mol. The molecule has 0 spiro atoms. The number of alkyl halides is 1. The van der Waals surface area contributed by atoms with E-state index in [1.807, 2.05) is 38.3 Å². The normalized spacial score (nSPS) is 11.0. The summed E-state index contributed by atoms with van der Waals surface area (Å²) in [6.07, 6.45) is 0. The first kappa shape index (κ1) is 13.9. The maximum Gasteiger partial charge on any atom is 0.214 e. The molecule has 0 N–H and O–H groups in total. The molecule has 0 amide bonds. The lowest BCUT2D eigenvalue weighted by Gasteiger charge is -2.06. The Hall–Kier alpha value is -1.55. The summed E-state index contributed by atoms with van der Waals surface area (Å²) in [7, 11) is 0. The summed E-state index contributed by atoms with van der Waals surface area (Å²) < 4.78 is 7.60. The first-order chi connectivity index (χ1) is 8.93. The third kappa shape index (κ3) is 2.59. The molecule has 0 aromatic carbocycles. The topological polar surface area (TPSA) is 48.0 Å². The number of nitrogens with zero attached hydrogens (tertiary/aromatic N) is 2. The summed E-state index contributed by atoms with van der Waals surface area (Å²) in [6, 6.07) is 1.86. The average Bonchev–Trinajstić information content (AvgIpc) is 2.83. The summed E-state index contributed by atoms with van der Waals surface area (Å²) in [5.41, 5.74) is 3.47. The number of aryl methyl sites for hydroxylation is 3. The van der Waals surface area contributed by atoms with Crippen LogP contribution < -0.4 is 0 Å². The van der Waals surface area contributed by atoms with Crippen molar-refractivity contribution in [2.24, 2.45) is 0 Å². The van der Waals surface area contributed by atoms with Crippen LogP contribution in [-0.4, -0.2) is 21.2 Å². The SMILES string of the molecule is Cc1nc(Cn2c(C)cc(C(=O)CCl)c2C)oc1C. The van der Waals surface area contributed by atoms with Crippen LogP contribution in [0.1, 0.15) is 39.1 Å². The second-order valence-electron chi connectivity index (χ2n) is 4.68. The Morgan fingerprint density at radius 1 is 1.37 bits per heavy atom. The van der Waals surface area contributed by atoms with Gasteiger partial charge in [0.05, 0.1) is 18.1 Å². The number of ketones is 1. The summed E-state index contributed by atoms with van der Waals surface area (Å²) in [6.45, 7) is 8.21. The zero-order valence-electron chi connectivity index (χ0n) is 11.6. The van der Waals surface area contributed by atoms with Crippen molar-refractivity contribution in [3.8, 4) is 0 Å². The number of Topliss-reactive ketones (excluding diaryl/α,β-unsaturated/α-hetero) is 1. The number of halogens is 1. The Morgan fingerprint density at radius 2 is 2.05 bits per heavy atom. The van der Waals surface area contributed by atoms with E-state index < -0.39 is 0 Å². The zero-order chi connectivity index (χ0) is 14.2. The molecule has 0 saturated carbocycles. The van der Waals surface area contributed by atoms with Crippen molar-refractivity contribution in [2.75, 3.05) is 5.88 Å². The van der Waals surface area contributed by atoms with Gasteiger partial charge in [-0.25, -0.2) is 4.98 Å². The van der Waals surface area contributed by atoms with Gasteiger partial charge in [0.15, 0.2) is 5.78 Å². The molecule has 2 heterocycles. The quantitative estimate of drug-likeness (QED) is 0.638. The van der Waals surface area contributed by atoms with Crippen molar-refractivity contribution in [3.63, 3.8) is 0 Å². The highest BCUT2D eigenvalue weighted by atomic mass is 35.5. The van der Waals surface area contributed by atoms with E-state index in [4.69, 9.17) is 16.0 Å².